The maximum absolute atomic E-state index is 11.6. The van der Waals surface area contributed by atoms with Crippen LogP contribution in [-0.4, -0.2) is 9.53 Å². The predicted molar refractivity (Wildman–Crippen MR) is 66.7 cm³/mol. The first-order chi connectivity index (χ1) is 7.22. The zero-order valence-electron chi connectivity index (χ0n) is 7.87. The second-order valence-electron chi connectivity index (χ2n) is 3.22. The van der Waals surface area contributed by atoms with E-state index in [-0.39, 0.29) is 11.2 Å². The summed E-state index contributed by atoms with van der Waals surface area (Å²) in [4.78, 5) is 11.6. The van der Waals surface area contributed by atoms with Crippen LogP contribution in [0.25, 0.3) is 11.0 Å². The molecular formula is C11H9IO3. The molecule has 0 fully saturated rings. The second-order valence-corrected chi connectivity index (χ2v) is 4.30. The minimum atomic E-state index is -0.369. The van der Waals surface area contributed by atoms with Gasteiger partial charge in [-0.25, -0.2) is 0 Å². The van der Waals surface area contributed by atoms with Crippen molar-refractivity contribution in [2.45, 2.75) is 6.42 Å². The van der Waals surface area contributed by atoms with E-state index in [0.29, 0.717) is 11.0 Å². The molecule has 0 aliphatic heterocycles. The Morgan fingerprint density at radius 1 is 1.40 bits per heavy atom. The average molecular weight is 316 g/mol. The van der Waals surface area contributed by atoms with Crippen molar-refractivity contribution < 1.29 is 9.52 Å². The van der Waals surface area contributed by atoms with Crippen molar-refractivity contribution in [2.75, 3.05) is 4.43 Å². The number of aromatic hydroxyl groups is 1. The molecule has 0 amide bonds. The van der Waals surface area contributed by atoms with Gasteiger partial charge in [-0.05, 0) is 24.1 Å². The fraction of sp³-hybridized carbons (Fsp3) is 0.182. The SMILES string of the molecule is O=c1c(O)coc2ccc(CCI)cc12. The molecule has 0 saturated heterocycles. The van der Waals surface area contributed by atoms with Crippen LogP contribution in [0.1, 0.15) is 5.56 Å². The van der Waals surface area contributed by atoms with Crippen LogP contribution in [-0.2, 0) is 6.42 Å². The highest BCUT2D eigenvalue weighted by molar-refractivity contribution is 14.1. The van der Waals surface area contributed by atoms with Crippen LogP contribution < -0.4 is 5.43 Å². The molecule has 1 aromatic heterocycles. The van der Waals surface area contributed by atoms with Crippen molar-refractivity contribution in [3.8, 4) is 5.75 Å². The maximum atomic E-state index is 11.6. The van der Waals surface area contributed by atoms with E-state index in [1.54, 1.807) is 12.1 Å². The fourth-order valence-corrected chi connectivity index (χ4v) is 2.06. The third-order valence-corrected chi connectivity index (χ3v) is 2.74. The van der Waals surface area contributed by atoms with E-state index in [0.717, 1.165) is 22.7 Å². The first-order valence-corrected chi connectivity index (χ1v) is 6.04. The molecular weight excluding hydrogens is 307 g/mol. The predicted octanol–water partition coefficient (Wildman–Crippen LogP) is 2.48. The lowest BCUT2D eigenvalue weighted by atomic mass is 10.1. The van der Waals surface area contributed by atoms with Gasteiger partial charge in [-0.2, -0.15) is 0 Å². The Morgan fingerprint density at radius 3 is 2.93 bits per heavy atom. The lowest BCUT2D eigenvalue weighted by Crippen LogP contribution is -2.00. The van der Waals surface area contributed by atoms with Gasteiger partial charge in [0.05, 0.1) is 5.39 Å². The monoisotopic (exact) mass is 316 g/mol. The third kappa shape index (κ3) is 1.99. The molecule has 0 atom stereocenters. The number of rotatable bonds is 2. The zero-order chi connectivity index (χ0) is 10.8. The Hall–Kier alpha value is -1.04. The quantitative estimate of drug-likeness (QED) is 0.684. The van der Waals surface area contributed by atoms with Gasteiger partial charge in [0.25, 0.3) is 0 Å². The zero-order valence-corrected chi connectivity index (χ0v) is 10.0. The standard InChI is InChI=1S/C11H9IO3/c12-4-3-7-1-2-10-8(5-7)11(14)9(13)6-15-10/h1-2,5-6,13H,3-4H2. The van der Waals surface area contributed by atoms with Gasteiger partial charge < -0.3 is 9.52 Å². The molecule has 2 aromatic rings. The van der Waals surface area contributed by atoms with Gasteiger partial charge >= 0.3 is 0 Å². The minimum absolute atomic E-state index is 0.339. The number of benzene rings is 1. The van der Waals surface area contributed by atoms with Crippen LogP contribution in [0.5, 0.6) is 5.75 Å². The highest BCUT2D eigenvalue weighted by Crippen LogP contribution is 2.16. The van der Waals surface area contributed by atoms with Crippen molar-refractivity contribution in [2.24, 2.45) is 0 Å². The number of alkyl halides is 1. The smallest absolute Gasteiger partial charge is 0.234 e. The van der Waals surface area contributed by atoms with Crippen molar-refractivity contribution >= 4 is 33.6 Å². The van der Waals surface area contributed by atoms with E-state index < -0.39 is 0 Å². The number of fused-ring (bicyclic) bond motifs is 1. The van der Waals surface area contributed by atoms with E-state index in [1.807, 2.05) is 6.07 Å². The maximum Gasteiger partial charge on any atom is 0.234 e. The molecule has 0 spiro atoms. The molecule has 4 heteroatoms. The van der Waals surface area contributed by atoms with Gasteiger partial charge in [-0.1, -0.05) is 28.7 Å². The first kappa shape index (κ1) is 10.5. The van der Waals surface area contributed by atoms with E-state index >= 15 is 0 Å². The van der Waals surface area contributed by atoms with Gasteiger partial charge in [0.2, 0.25) is 5.43 Å². The molecule has 15 heavy (non-hydrogen) atoms. The molecule has 0 unspecified atom stereocenters. The summed E-state index contributed by atoms with van der Waals surface area (Å²) in [5, 5.41) is 9.67. The van der Waals surface area contributed by atoms with Gasteiger partial charge in [0.15, 0.2) is 5.75 Å². The second kappa shape index (κ2) is 4.22. The normalized spacial score (nSPS) is 10.7. The first-order valence-electron chi connectivity index (χ1n) is 4.52. The molecule has 0 bridgehead atoms. The van der Waals surface area contributed by atoms with Crippen LogP contribution in [0.15, 0.2) is 33.7 Å². The molecule has 0 aliphatic carbocycles. The summed E-state index contributed by atoms with van der Waals surface area (Å²) in [6.07, 6.45) is 1.98. The molecule has 1 aromatic carbocycles. The van der Waals surface area contributed by atoms with Crippen molar-refractivity contribution in [3.63, 3.8) is 0 Å². The van der Waals surface area contributed by atoms with E-state index in [4.69, 9.17) is 4.42 Å². The average Bonchev–Trinajstić information content (AvgIpc) is 2.25. The molecule has 2 rings (SSSR count). The summed E-state index contributed by atoms with van der Waals surface area (Å²) in [7, 11) is 0. The third-order valence-electron chi connectivity index (χ3n) is 2.20. The lowest BCUT2D eigenvalue weighted by Gasteiger charge is -2.00. The number of hydrogen-bond donors (Lipinski definition) is 1. The van der Waals surface area contributed by atoms with Crippen LogP contribution >= 0.6 is 22.6 Å². The molecule has 3 nitrogen and oxygen atoms in total. The Kier molecular flexibility index (Phi) is 2.95. The molecule has 0 radical (unpaired) electrons. The topological polar surface area (TPSA) is 50.4 Å². The Balaban J connectivity index is 2.68. The van der Waals surface area contributed by atoms with E-state index in [1.165, 1.54) is 0 Å². The molecule has 1 heterocycles. The molecule has 1 N–H and O–H groups in total. The number of aryl methyl sites for hydroxylation is 1. The van der Waals surface area contributed by atoms with Gasteiger partial charge in [-0.3, -0.25) is 4.79 Å². The summed E-state index contributed by atoms with van der Waals surface area (Å²) in [6, 6.07) is 5.47. The largest absolute Gasteiger partial charge is 0.502 e. The summed E-state index contributed by atoms with van der Waals surface area (Å²) >= 11 is 2.28. The van der Waals surface area contributed by atoms with Crippen LogP contribution in [0.3, 0.4) is 0 Å². The lowest BCUT2D eigenvalue weighted by molar-refractivity contribution is 0.442. The van der Waals surface area contributed by atoms with E-state index in [2.05, 4.69) is 22.6 Å². The highest BCUT2D eigenvalue weighted by atomic mass is 127. The van der Waals surface area contributed by atoms with Gasteiger partial charge in [0.1, 0.15) is 11.8 Å². The summed E-state index contributed by atoms with van der Waals surface area (Å²) < 4.78 is 6.10. The molecule has 0 saturated carbocycles. The highest BCUT2D eigenvalue weighted by Gasteiger charge is 2.05. The van der Waals surface area contributed by atoms with Crippen molar-refractivity contribution in [1.29, 1.82) is 0 Å². The van der Waals surface area contributed by atoms with Gasteiger partial charge in [0, 0.05) is 4.43 Å². The number of hydrogen-bond acceptors (Lipinski definition) is 3. The van der Waals surface area contributed by atoms with E-state index in [9.17, 15) is 9.90 Å². The Labute approximate surface area is 99.9 Å². The van der Waals surface area contributed by atoms with Crippen molar-refractivity contribution in [1.82, 2.24) is 0 Å². The molecule has 78 valence electrons. The van der Waals surface area contributed by atoms with Crippen LogP contribution in [0, 0.1) is 0 Å². The molecule has 0 aliphatic rings. The Morgan fingerprint density at radius 2 is 2.20 bits per heavy atom. The van der Waals surface area contributed by atoms with Crippen LogP contribution in [0.2, 0.25) is 0 Å². The fourth-order valence-electron chi connectivity index (χ4n) is 1.43. The van der Waals surface area contributed by atoms with Crippen molar-refractivity contribution in [3.05, 3.63) is 40.2 Å². The van der Waals surface area contributed by atoms with Crippen LogP contribution in [0.4, 0.5) is 0 Å². The Bertz CT molecular complexity index is 545. The summed E-state index contributed by atoms with van der Waals surface area (Å²) in [5.41, 5.74) is 1.22. The van der Waals surface area contributed by atoms with Gasteiger partial charge in [-0.15, -0.1) is 0 Å². The summed E-state index contributed by atoms with van der Waals surface area (Å²) in [5.74, 6) is -0.339. The minimum Gasteiger partial charge on any atom is -0.502 e. The summed E-state index contributed by atoms with van der Waals surface area (Å²) in [6.45, 7) is 0. The number of halogens is 1.